The highest BCUT2D eigenvalue weighted by atomic mass is 32.2. The van der Waals surface area contributed by atoms with Crippen molar-refractivity contribution in [2.24, 2.45) is 0 Å². The van der Waals surface area contributed by atoms with Crippen LogP contribution in [0.15, 0.2) is 29.2 Å². The summed E-state index contributed by atoms with van der Waals surface area (Å²) in [5, 5.41) is 3.46. The molecule has 0 bridgehead atoms. The van der Waals surface area contributed by atoms with E-state index in [9.17, 15) is 0 Å². The number of likely N-dealkylation sites (N-methyl/N-ethyl adjacent to an activating group) is 1. The number of nitrogens with zero attached hydrogens (tertiary/aromatic N) is 1. The quantitative estimate of drug-likeness (QED) is 0.806. The number of rotatable bonds is 3. The van der Waals surface area contributed by atoms with Crippen LogP contribution in [-0.4, -0.2) is 43.9 Å². The van der Waals surface area contributed by atoms with Crippen molar-refractivity contribution in [2.75, 3.05) is 32.9 Å². The molecule has 1 heterocycles. The summed E-state index contributed by atoms with van der Waals surface area (Å²) in [5.41, 5.74) is 1.44. The minimum absolute atomic E-state index is 0.647. The minimum atomic E-state index is 0.647. The van der Waals surface area contributed by atoms with Crippen LogP contribution in [0, 0.1) is 0 Å². The zero-order valence-electron chi connectivity index (χ0n) is 10.1. The van der Waals surface area contributed by atoms with Crippen LogP contribution >= 0.6 is 11.8 Å². The molecule has 1 saturated heterocycles. The van der Waals surface area contributed by atoms with E-state index in [2.05, 4.69) is 47.8 Å². The molecule has 2 rings (SSSR count). The van der Waals surface area contributed by atoms with Gasteiger partial charge in [-0.25, -0.2) is 0 Å². The second-order valence-electron chi connectivity index (χ2n) is 4.39. The number of benzene rings is 1. The van der Waals surface area contributed by atoms with Gasteiger partial charge in [-0.15, -0.1) is 11.8 Å². The Labute approximate surface area is 102 Å². The molecule has 1 N–H and O–H groups in total. The number of hydrogen-bond donors (Lipinski definition) is 1. The highest BCUT2D eigenvalue weighted by molar-refractivity contribution is 7.98. The largest absolute Gasteiger partial charge is 0.314 e. The molecule has 0 amide bonds. The summed E-state index contributed by atoms with van der Waals surface area (Å²) in [6.45, 7) is 3.40. The molecule has 0 spiro atoms. The monoisotopic (exact) mass is 236 g/mol. The lowest BCUT2D eigenvalue weighted by atomic mass is 10.0. The smallest absolute Gasteiger partial charge is 0.0258 e. The fraction of sp³-hybridized carbons (Fsp3) is 0.538. The summed E-state index contributed by atoms with van der Waals surface area (Å²) in [5.74, 6) is 0. The van der Waals surface area contributed by atoms with Gasteiger partial charge < -0.3 is 10.2 Å². The van der Waals surface area contributed by atoms with E-state index in [1.807, 2.05) is 0 Å². The van der Waals surface area contributed by atoms with Gasteiger partial charge in [0.05, 0.1) is 0 Å². The number of nitrogens with one attached hydrogen (secondary N) is 1. The van der Waals surface area contributed by atoms with Crippen LogP contribution in [0.3, 0.4) is 0 Å². The highest BCUT2D eigenvalue weighted by Gasteiger charge is 2.18. The van der Waals surface area contributed by atoms with Crippen LogP contribution < -0.4 is 5.32 Å². The molecule has 1 aliphatic rings. The molecule has 0 aromatic heterocycles. The zero-order valence-corrected chi connectivity index (χ0v) is 10.9. The second-order valence-corrected chi connectivity index (χ2v) is 5.27. The molecule has 2 nitrogen and oxygen atoms in total. The Morgan fingerprint density at radius 1 is 1.38 bits per heavy atom. The van der Waals surface area contributed by atoms with Crippen LogP contribution in [0.5, 0.6) is 0 Å². The van der Waals surface area contributed by atoms with Crippen LogP contribution in [0.4, 0.5) is 0 Å². The third-order valence-corrected chi connectivity index (χ3v) is 4.02. The maximum Gasteiger partial charge on any atom is 0.0258 e. The van der Waals surface area contributed by atoms with E-state index < -0.39 is 0 Å². The lowest BCUT2D eigenvalue weighted by Gasteiger charge is -2.33. The van der Waals surface area contributed by atoms with Gasteiger partial charge in [0.2, 0.25) is 0 Å². The molecule has 16 heavy (non-hydrogen) atoms. The molecular formula is C13H20N2S. The first-order chi connectivity index (χ1) is 7.79. The van der Waals surface area contributed by atoms with Gasteiger partial charge in [-0.05, 0) is 37.4 Å². The predicted molar refractivity (Wildman–Crippen MR) is 71.2 cm³/mol. The van der Waals surface area contributed by atoms with Gasteiger partial charge in [-0.1, -0.05) is 12.1 Å². The van der Waals surface area contributed by atoms with Gasteiger partial charge in [0.1, 0.15) is 0 Å². The number of piperazine rings is 1. The standard InChI is InChI=1S/C13H20N2S/c1-15-8-7-14-10-12(15)9-11-3-5-13(16-2)6-4-11/h3-6,12,14H,7-10H2,1-2H3. The summed E-state index contributed by atoms with van der Waals surface area (Å²) < 4.78 is 0. The van der Waals surface area contributed by atoms with Crippen molar-refractivity contribution in [3.8, 4) is 0 Å². The summed E-state index contributed by atoms with van der Waals surface area (Å²) in [6, 6.07) is 9.60. The van der Waals surface area contributed by atoms with Gasteiger partial charge in [0.15, 0.2) is 0 Å². The molecular weight excluding hydrogens is 216 g/mol. The van der Waals surface area contributed by atoms with E-state index in [-0.39, 0.29) is 0 Å². The van der Waals surface area contributed by atoms with E-state index in [4.69, 9.17) is 0 Å². The molecule has 88 valence electrons. The molecule has 3 heteroatoms. The normalized spacial score (nSPS) is 22.2. The van der Waals surface area contributed by atoms with Gasteiger partial charge in [0.25, 0.3) is 0 Å². The molecule has 0 radical (unpaired) electrons. The Morgan fingerprint density at radius 3 is 2.75 bits per heavy atom. The Balaban J connectivity index is 1.96. The SMILES string of the molecule is CSc1ccc(CC2CNCCN2C)cc1. The Hall–Kier alpha value is -0.510. The van der Waals surface area contributed by atoms with Crippen molar-refractivity contribution < 1.29 is 0 Å². The maximum absolute atomic E-state index is 3.46. The van der Waals surface area contributed by atoms with Crippen molar-refractivity contribution in [1.82, 2.24) is 10.2 Å². The van der Waals surface area contributed by atoms with Crippen molar-refractivity contribution in [3.05, 3.63) is 29.8 Å². The average Bonchev–Trinajstić information content (AvgIpc) is 2.33. The molecule has 1 aliphatic heterocycles. The van der Waals surface area contributed by atoms with Gasteiger partial charge >= 0.3 is 0 Å². The third-order valence-electron chi connectivity index (χ3n) is 3.27. The van der Waals surface area contributed by atoms with Crippen molar-refractivity contribution in [2.45, 2.75) is 17.4 Å². The number of thioether (sulfide) groups is 1. The second kappa shape index (κ2) is 5.71. The van der Waals surface area contributed by atoms with E-state index in [0.29, 0.717) is 6.04 Å². The highest BCUT2D eigenvalue weighted by Crippen LogP contribution is 2.16. The summed E-state index contributed by atoms with van der Waals surface area (Å²) in [4.78, 5) is 3.80. The Bertz CT molecular complexity index is 323. The first-order valence-electron chi connectivity index (χ1n) is 5.83. The first kappa shape index (κ1) is 12.0. The van der Waals surface area contributed by atoms with Crippen molar-refractivity contribution in [1.29, 1.82) is 0 Å². The molecule has 1 fully saturated rings. The van der Waals surface area contributed by atoms with Gasteiger partial charge in [0, 0.05) is 30.6 Å². The maximum atomic E-state index is 3.46. The summed E-state index contributed by atoms with van der Waals surface area (Å²) in [7, 11) is 2.22. The lowest BCUT2D eigenvalue weighted by molar-refractivity contribution is 0.199. The zero-order chi connectivity index (χ0) is 11.4. The molecule has 1 aromatic carbocycles. The van der Waals surface area contributed by atoms with Crippen LogP contribution in [0.2, 0.25) is 0 Å². The average molecular weight is 236 g/mol. The molecule has 0 aliphatic carbocycles. The molecule has 1 atom stereocenters. The fourth-order valence-corrected chi connectivity index (χ4v) is 2.53. The number of hydrogen-bond acceptors (Lipinski definition) is 3. The van der Waals surface area contributed by atoms with Crippen LogP contribution in [-0.2, 0) is 6.42 Å². The van der Waals surface area contributed by atoms with Gasteiger partial charge in [-0.3, -0.25) is 0 Å². The van der Waals surface area contributed by atoms with Crippen LogP contribution in [0.25, 0.3) is 0 Å². The van der Waals surface area contributed by atoms with E-state index in [0.717, 1.165) is 26.1 Å². The van der Waals surface area contributed by atoms with Crippen molar-refractivity contribution >= 4 is 11.8 Å². The lowest BCUT2D eigenvalue weighted by Crippen LogP contribution is -2.50. The van der Waals surface area contributed by atoms with Gasteiger partial charge in [-0.2, -0.15) is 0 Å². The molecule has 1 unspecified atom stereocenters. The van der Waals surface area contributed by atoms with Crippen LogP contribution in [0.1, 0.15) is 5.56 Å². The third kappa shape index (κ3) is 3.00. The fourth-order valence-electron chi connectivity index (χ4n) is 2.12. The van der Waals surface area contributed by atoms with E-state index in [1.54, 1.807) is 11.8 Å². The Kier molecular flexibility index (Phi) is 4.27. The molecule has 0 saturated carbocycles. The topological polar surface area (TPSA) is 15.3 Å². The van der Waals surface area contributed by atoms with E-state index in [1.165, 1.54) is 10.5 Å². The Morgan fingerprint density at radius 2 is 2.12 bits per heavy atom. The summed E-state index contributed by atoms with van der Waals surface area (Å²) in [6.07, 6.45) is 3.27. The molecule has 1 aromatic rings. The summed E-state index contributed by atoms with van der Waals surface area (Å²) >= 11 is 1.80. The van der Waals surface area contributed by atoms with Crippen molar-refractivity contribution in [3.63, 3.8) is 0 Å². The first-order valence-corrected chi connectivity index (χ1v) is 7.06. The predicted octanol–water partition coefficient (Wildman–Crippen LogP) is 1.85. The minimum Gasteiger partial charge on any atom is -0.314 e. The van der Waals surface area contributed by atoms with E-state index >= 15 is 0 Å².